The summed E-state index contributed by atoms with van der Waals surface area (Å²) in [7, 11) is 0. The number of fused-ring (bicyclic) bond motifs is 1. The van der Waals surface area contributed by atoms with E-state index >= 15 is 0 Å². The third-order valence-corrected chi connectivity index (χ3v) is 4.67. The number of rotatable bonds is 5. The highest BCUT2D eigenvalue weighted by Gasteiger charge is 2.22. The minimum atomic E-state index is -0.823. The average molecular weight is 392 g/mol. The highest BCUT2D eigenvalue weighted by Crippen LogP contribution is 2.24. The Bertz CT molecular complexity index is 1170. The van der Waals surface area contributed by atoms with Crippen molar-refractivity contribution in [2.75, 3.05) is 0 Å². The standard InChI is InChI=1S/C22H18F2N4O/c1-13-26-18-9-8-16(11-19(18)27-13)22(29)28-20(21-17(24)3-2-10-25-21)15-6-4-14(12-23)5-7-15/h2-11,20H,12H2,1H3,(H,26,27)(H,28,29)/t20-/m0/s1. The molecule has 0 unspecified atom stereocenters. The van der Waals surface area contributed by atoms with Gasteiger partial charge in [-0.15, -0.1) is 0 Å². The van der Waals surface area contributed by atoms with E-state index in [-0.39, 0.29) is 11.6 Å². The maximum Gasteiger partial charge on any atom is 0.252 e. The van der Waals surface area contributed by atoms with Crippen LogP contribution in [-0.2, 0) is 6.67 Å². The Kier molecular flexibility index (Phi) is 5.03. The summed E-state index contributed by atoms with van der Waals surface area (Å²) in [6.45, 7) is 1.24. The van der Waals surface area contributed by atoms with Crippen molar-refractivity contribution in [1.82, 2.24) is 20.3 Å². The number of amides is 1. The van der Waals surface area contributed by atoms with Gasteiger partial charge in [0.1, 0.15) is 24.0 Å². The summed E-state index contributed by atoms with van der Waals surface area (Å²) >= 11 is 0. The zero-order valence-electron chi connectivity index (χ0n) is 15.6. The quantitative estimate of drug-likeness (QED) is 0.529. The Labute approximate surface area is 165 Å². The number of imidazole rings is 1. The number of alkyl halides is 1. The van der Waals surface area contributed by atoms with Gasteiger partial charge in [0, 0.05) is 11.8 Å². The molecule has 0 aliphatic rings. The van der Waals surface area contributed by atoms with E-state index < -0.39 is 18.5 Å². The van der Waals surface area contributed by atoms with Crippen LogP contribution in [0.3, 0.4) is 0 Å². The van der Waals surface area contributed by atoms with Crippen molar-refractivity contribution in [3.05, 3.63) is 94.8 Å². The molecule has 1 amide bonds. The van der Waals surface area contributed by atoms with Gasteiger partial charge in [-0.05, 0) is 48.4 Å². The number of benzene rings is 2. The number of hydrogen-bond donors (Lipinski definition) is 2. The molecule has 7 heteroatoms. The van der Waals surface area contributed by atoms with Crippen LogP contribution in [0.1, 0.15) is 39.0 Å². The molecule has 0 spiro atoms. The van der Waals surface area contributed by atoms with E-state index in [2.05, 4.69) is 20.3 Å². The molecule has 2 N–H and O–H groups in total. The second kappa shape index (κ2) is 7.79. The van der Waals surface area contributed by atoms with Crippen molar-refractivity contribution in [3.63, 3.8) is 0 Å². The molecule has 0 radical (unpaired) electrons. The van der Waals surface area contributed by atoms with Gasteiger partial charge >= 0.3 is 0 Å². The predicted molar refractivity (Wildman–Crippen MR) is 106 cm³/mol. The van der Waals surface area contributed by atoms with Crippen molar-refractivity contribution in [2.24, 2.45) is 0 Å². The highest BCUT2D eigenvalue weighted by molar-refractivity contribution is 5.97. The maximum absolute atomic E-state index is 14.4. The first kappa shape index (κ1) is 18.7. The van der Waals surface area contributed by atoms with Gasteiger partial charge in [-0.3, -0.25) is 9.78 Å². The number of aromatic amines is 1. The molecule has 5 nitrogen and oxygen atoms in total. The maximum atomic E-state index is 14.4. The van der Waals surface area contributed by atoms with Crippen molar-refractivity contribution >= 4 is 16.9 Å². The summed E-state index contributed by atoms with van der Waals surface area (Å²) < 4.78 is 27.3. The molecule has 1 atom stereocenters. The molecule has 0 aliphatic heterocycles. The predicted octanol–water partition coefficient (Wildman–Crippen LogP) is 4.39. The molecular formula is C22H18F2N4O. The topological polar surface area (TPSA) is 70.7 Å². The minimum absolute atomic E-state index is 0.0901. The van der Waals surface area contributed by atoms with E-state index in [1.165, 1.54) is 18.3 Å². The zero-order chi connectivity index (χ0) is 20.4. The third kappa shape index (κ3) is 3.85. The second-order valence-electron chi connectivity index (χ2n) is 6.71. The van der Waals surface area contributed by atoms with Crippen LogP contribution in [0.4, 0.5) is 8.78 Å². The summed E-state index contributed by atoms with van der Waals surface area (Å²) in [6.07, 6.45) is 1.47. The van der Waals surface area contributed by atoms with Crippen molar-refractivity contribution in [1.29, 1.82) is 0 Å². The third-order valence-electron chi connectivity index (χ3n) is 4.67. The number of hydrogen-bond acceptors (Lipinski definition) is 3. The fourth-order valence-electron chi connectivity index (χ4n) is 3.21. The van der Waals surface area contributed by atoms with E-state index in [0.717, 1.165) is 16.9 Å². The van der Waals surface area contributed by atoms with Crippen molar-refractivity contribution < 1.29 is 13.6 Å². The first-order chi connectivity index (χ1) is 14.0. The first-order valence-corrected chi connectivity index (χ1v) is 9.07. The molecular weight excluding hydrogens is 374 g/mol. The lowest BCUT2D eigenvalue weighted by Gasteiger charge is -2.20. The molecule has 0 aliphatic carbocycles. The number of aromatic nitrogens is 3. The summed E-state index contributed by atoms with van der Waals surface area (Å²) in [5, 5.41) is 2.85. The molecule has 0 bridgehead atoms. The number of nitrogens with zero attached hydrogens (tertiary/aromatic N) is 2. The van der Waals surface area contributed by atoms with E-state index in [0.29, 0.717) is 16.7 Å². The average Bonchev–Trinajstić information content (AvgIpc) is 3.12. The van der Waals surface area contributed by atoms with Crippen molar-refractivity contribution in [3.8, 4) is 0 Å². The van der Waals surface area contributed by atoms with Gasteiger partial charge in [0.05, 0.1) is 17.1 Å². The normalized spacial score (nSPS) is 12.1. The van der Waals surface area contributed by atoms with Crippen LogP contribution in [0.25, 0.3) is 11.0 Å². The van der Waals surface area contributed by atoms with Gasteiger partial charge in [-0.2, -0.15) is 0 Å². The molecule has 0 saturated carbocycles. The van der Waals surface area contributed by atoms with Crippen LogP contribution < -0.4 is 5.32 Å². The Hall–Kier alpha value is -3.61. The van der Waals surface area contributed by atoms with E-state index in [9.17, 15) is 13.6 Å². The Morgan fingerprint density at radius 2 is 1.97 bits per heavy atom. The zero-order valence-corrected chi connectivity index (χ0v) is 15.6. The molecule has 146 valence electrons. The van der Waals surface area contributed by atoms with Crippen LogP contribution in [0, 0.1) is 12.7 Å². The lowest BCUT2D eigenvalue weighted by molar-refractivity contribution is 0.0942. The molecule has 29 heavy (non-hydrogen) atoms. The van der Waals surface area contributed by atoms with Crippen LogP contribution in [-0.4, -0.2) is 20.9 Å². The number of H-pyrrole nitrogens is 1. The summed E-state index contributed by atoms with van der Waals surface area (Å²) in [5.74, 6) is -0.172. The van der Waals surface area contributed by atoms with Crippen LogP contribution in [0.2, 0.25) is 0 Å². The van der Waals surface area contributed by atoms with Crippen LogP contribution >= 0.6 is 0 Å². The smallest absolute Gasteiger partial charge is 0.252 e. The van der Waals surface area contributed by atoms with Gasteiger partial charge in [0.15, 0.2) is 0 Å². The van der Waals surface area contributed by atoms with Gasteiger partial charge in [-0.25, -0.2) is 13.8 Å². The molecule has 2 aromatic heterocycles. The molecule has 0 fully saturated rings. The van der Waals surface area contributed by atoms with Crippen LogP contribution in [0.15, 0.2) is 60.8 Å². The van der Waals surface area contributed by atoms with Gasteiger partial charge < -0.3 is 10.3 Å². The number of pyridine rings is 1. The van der Waals surface area contributed by atoms with E-state index in [1.807, 2.05) is 6.92 Å². The Morgan fingerprint density at radius 3 is 2.69 bits per heavy atom. The monoisotopic (exact) mass is 392 g/mol. The van der Waals surface area contributed by atoms with Crippen molar-refractivity contribution in [2.45, 2.75) is 19.6 Å². The molecule has 2 heterocycles. The Balaban J connectivity index is 1.69. The number of carbonyl (C=O) groups excluding carboxylic acids is 1. The summed E-state index contributed by atoms with van der Waals surface area (Å²) in [5.41, 5.74) is 3.10. The Morgan fingerprint density at radius 1 is 1.17 bits per heavy atom. The first-order valence-electron chi connectivity index (χ1n) is 9.07. The molecule has 0 saturated heterocycles. The van der Waals surface area contributed by atoms with Crippen LogP contribution in [0.5, 0.6) is 0 Å². The number of carbonyl (C=O) groups is 1. The fraction of sp³-hybridized carbons (Fsp3) is 0.136. The fourth-order valence-corrected chi connectivity index (χ4v) is 3.21. The van der Waals surface area contributed by atoms with E-state index in [1.54, 1.807) is 42.5 Å². The van der Waals surface area contributed by atoms with Gasteiger partial charge in [-0.1, -0.05) is 24.3 Å². The largest absolute Gasteiger partial charge is 0.342 e. The highest BCUT2D eigenvalue weighted by atomic mass is 19.1. The molecule has 4 rings (SSSR count). The van der Waals surface area contributed by atoms with Gasteiger partial charge in [0.2, 0.25) is 0 Å². The SMILES string of the molecule is Cc1nc2ccc(C(=O)N[C@@H](c3ccc(CF)cc3)c3ncccc3F)cc2[nH]1. The lowest BCUT2D eigenvalue weighted by atomic mass is 10.0. The second-order valence-corrected chi connectivity index (χ2v) is 6.71. The summed E-state index contributed by atoms with van der Waals surface area (Å²) in [4.78, 5) is 24.5. The number of halogens is 2. The number of aryl methyl sites for hydroxylation is 1. The molecule has 2 aromatic carbocycles. The lowest BCUT2D eigenvalue weighted by Crippen LogP contribution is -2.30. The summed E-state index contributed by atoms with van der Waals surface area (Å²) in [6, 6.07) is 13.6. The molecule has 4 aromatic rings. The number of nitrogens with one attached hydrogen (secondary N) is 2. The van der Waals surface area contributed by atoms with Gasteiger partial charge in [0.25, 0.3) is 5.91 Å². The van der Waals surface area contributed by atoms with E-state index in [4.69, 9.17) is 0 Å². The minimum Gasteiger partial charge on any atom is -0.342 e.